The number of hydrogen-bond donors (Lipinski definition) is 1. The van der Waals surface area contributed by atoms with Crippen LogP contribution in [0, 0.1) is 17.8 Å². The number of Topliss-reactive ketones (excluding diaryl/α,β-unsaturated/α-hetero) is 1. The van der Waals surface area contributed by atoms with E-state index in [1.54, 1.807) is 12.0 Å². The van der Waals surface area contributed by atoms with Crippen LogP contribution in [0.25, 0.3) is 0 Å². The molecule has 0 aromatic heterocycles. The molecule has 54 heavy (non-hydrogen) atoms. The molecule has 0 saturated carbocycles. The molecule has 0 aliphatic carbocycles. The van der Waals surface area contributed by atoms with Gasteiger partial charge in [-0.05, 0) is 99.6 Å². The molecular weight excluding hydrogens is 695 g/mol. The third-order valence-electron chi connectivity index (χ3n) is 11.7. The lowest BCUT2D eigenvalue weighted by Crippen LogP contribution is -2.55. The van der Waals surface area contributed by atoms with Crippen LogP contribution in [0.5, 0.6) is 5.75 Å². The topological polar surface area (TPSA) is 96.0 Å². The third kappa shape index (κ3) is 9.95. The summed E-state index contributed by atoms with van der Waals surface area (Å²) in [7, 11) is 1.61. The minimum atomic E-state index is -0.547. The molecule has 0 bridgehead atoms. The predicted octanol–water partition coefficient (Wildman–Crippen LogP) is 8.02. The normalized spacial score (nSPS) is 23.1. The average molecular weight is 752 g/mol. The first-order chi connectivity index (χ1) is 26.4. The van der Waals surface area contributed by atoms with E-state index in [1.165, 1.54) is 0 Å². The van der Waals surface area contributed by atoms with Crippen molar-refractivity contribution in [1.29, 1.82) is 0 Å². The highest BCUT2D eigenvalue weighted by Crippen LogP contribution is 2.36. The zero-order chi connectivity index (χ0) is 37.9. The summed E-state index contributed by atoms with van der Waals surface area (Å²) in [6.45, 7) is 2.74. The number of amides is 3. The number of hydrogen-bond acceptors (Lipinski definition) is 6. The smallest absolute Gasteiger partial charge is 0.246 e. The Morgan fingerprint density at radius 1 is 0.796 bits per heavy atom. The van der Waals surface area contributed by atoms with Crippen molar-refractivity contribution in [2.75, 3.05) is 24.3 Å². The molecule has 1 N–H and O–H groups in total. The number of para-hydroxylation sites is 2. The van der Waals surface area contributed by atoms with Crippen molar-refractivity contribution in [2.45, 2.75) is 108 Å². The van der Waals surface area contributed by atoms with Crippen molar-refractivity contribution < 1.29 is 23.9 Å². The Labute approximate surface area is 325 Å². The SMILES string of the molecule is CC[C@@H]1CCC[C@@H]2SCC[C@H](NC(=O)[C@H](CC[C@H](Cc3ccccc3)C(=O)C[C@H]3CCCCN(c4ccccc4OC)C3=O)Cc3ccccc3)C(=O)N12. The Bertz CT molecular complexity index is 1700. The quantitative estimate of drug-likeness (QED) is 0.169. The summed E-state index contributed by atoms with van der Waals surface area (Å²) < 4.78 is 5.60. The largest absolute Gasteiger partial charge is 0.495 e. The van der Waals surface area contributed by atoms with E-state index in [9.17, 15) is 19.2 Å². The van der Waals surface area contributed by atoms with Gasteiger partial charge in [0.2, 0.25) is 17.7 Å². The number of ketones is 1. The maximum absolute atomic E-state index is 14.4. The van der Waals surface area contributed by atoms with Crippen LogP contribution in [0.2, 0.25) is 0 Å². The summed E-state index contributed by atoms with van der Waals surface area (Å²) in [4.78, 5) is 60.7. The number of fused-ring (bicyclic) bond motifs is 1. The average Bonchev–Trinajstić information content (AvgIpc) is 3.48. The fraction of sp³-hybridized carbons (Fsp3) is 0.511. The van der Waals surface area contributed by atoms with Crippen molar-refractivity contribution in [2.24, 2.45) is 17.8 Å². The number of ether oxygens (including phenoxy) is 1. The fourth-order valence-corrected chi connectivity index (χ4v) is 10.1. The van der Waals surface area contributed by atoms with Crippen molar-refractivity contribution in [3.63, 3.8) is 0 Å². The monoisotopic (exact) mass is 751 g/mol. The Morgan fingerprint density at radius 3 is 2.17 bits per heavy atom. The standard InChI is InChI=1S/C45H57N3O5S/c1-3-37-20-14-23-42-48(37)45(52)38(26-28-54-42)46-43(50)35(30-33-17-8-5-9-18-33)25-24-34(29-32-15-6-4-7-16-32)40(49)31-36-19-12-13-27-47(44(36)51)39-21-10-11-22-41(39)53-2/h4-11,15-18,21-22,34-38,42H,3,12-14,19-20,23-31H2,1-2H3,(H,46,50)/t34-,35-,36-,37-,38+,42+/m1/s1. The maximum Gasteiger partial charge on any atom is 0.246 e. The van der Waals surface area contributed by atoms with Crippen molar-refractivity contribution in [3.8, 4) is 5.75 Å². The molecule has 3 aliphatic rings. The molecule has 3 aromatic rings. The first kappa shape index (κ1) is 39.6. The van der Waals surface area contributed by atoms with Crippen LogP contribution in [-0.2, 0) is 32.0 Å². The number of thioether (sulfide) groups is 1. The highest BCUT2D eigenvalue weighted by Gasteiger charge is 2.40. The van der Waals surface area contributed by atoms with E-state index in [2.05, 4.69) is 17.1 Å². The van der Waals surface area contributed by atoms with Gasteiger partial charge in [-0.1, -0.05) is 86.1 Å². The summed E-state index contributed by atoms with van der Waals surface area (Å²) in [6.07, 6.45) is 9.32. The van der Waals surface area contributed by atoms with Gasteiger partial charge >= 0.3 is 0 Å². The van der Waals surface area contributed by atoms with Crippen molar-refractivity contribution in [1.82, 2.24) is 10.2 Å². The van der Waals surface area contributed by atoms with Gasteiger partial charge in [0, 0.05) is 36.8 Å². The second-order valence-electron chi connectivity index (χ2n) is 15.3. The van der Waals surface area contributed by atoms with Crippen LogP contribution >= 0.6 is 11.8 Å². The third-order valence-corrected chi connectivity index (χ3v) is 13.0. The number of benzene rings is 3. The number of nitrogens with one attached hydrogen (secondary N) is 1. The van der Waals surface area contributed by atoms with Gasteiger partial charge in [0.05, 0.1) is 18.2 Å². The number of methoxy groups -OCH3 is 1. The van der Waals surface area contributed by atoms with Crippen LogP contribution in [0.3, 0.4) is 0 Å². The van der Waals surface area contributed by atoms with E-state index in [0.29, 0.717) is 50.8 Å². The van der Waals surface area contributed by atoms with Crippen LogP contribution in [0.1, 0.15) is 88.7 Å². The molecule has 0 unspecified atom stereocenters. The van der Waals surface area contributed by atoms with E-state index in [-0.39, 0.29) is 47.3 Å². The highest BCUT2D eigenvalue weighted by atomic mass is 32.2. The summed E-state index contributed by atoms with van der Waals surface area (Å²) in [5.41, 5.74) is 2.85. The van der Waals surface area contributed by atoms with Gasteiger partial charge < -0.3 is 19.9 Å². The minimum Gasteiger partial charge on any atom is -0.495 e. The molecule has 6 atom stereocenters. The molecule has 0 spiro atoms. The van der Waals surface area contributed by atoms with E-state index in [4.69, 9.17) is 4.74 Å². The highest BCUT2D eigenvalue weighted by molar-refractivity contribution is 7.99. The Balaban J connectivity index is 1.20. The zero-order valence-corrected chi connectivity index (χ0v) is 32.8. The molecule has 9 heteroatoms. The number of piperidine rings is 1. The number of carbonyl (C=O) groups excluding carboxylic acids is 4. The van der Waals surface area contributed by atoms with Gasteiger partial charge in [-0.2, -0.15) is 0 Å². The summed E-state index contributed by atoms with van der Waals surface area (Å²) >= 11 is 1.85. The Hall–Kier alpha value is -4.11. The number of nitrogens with zero attached hydrogens (tertiary/aromatic N) is 2. The fourth-order valence-electron chi connectivity index (χ4n) is 8.68. The van der Waals surface area contributed by atoms with Gasteiger partial charge in [-0.25, -0.2) is 0 Å². The zero-order valence-electron chi connectivity index (χ0n) is 32.0. The molecular formula is C45H57N3O5S. The maximum atomic E-state index is 14.4. The van der Waals surface area contributed by atoms with Crippen LogP contribution in [0.15, 0.2) is 84.9 Å². The molecule has 3 amide bonds. The lowest BCUT2D eigenvalue weighted by atomic mass is 9.82. The molecule has 8 nitrogen and oxygen atoms in total. The number of anilines is 1. The van der Waals surface area contributed by atoms with Gasteiger partial charge in [0.25, 0.3) is 0 Å². The molecule has 288 valence electrons. The van der Waals surface area contributed by atoms with E-state index in [1.807, 2.05) is 96.7 Å². The predicted molar refractivity (Wildman–Crippen MR) is 216 cm³/mol. The van der Waals surface area contributed by atoms with Crippen LogP contribution < -0.4 is 15.0 Å². The second kappa shape index (κ2) is 19.5. The van der Waals surface area contributed by atoms with Gasteiger partial charge in [-0.15, -0.1) is 11.8 Å². The molecule has 3 aromatic carbocycles. The first-order valence-corrected chi connectivity index (χ1v) is 21.2. The van der Waals surface area contributed by atoms with Gasteiger partial charge in [0.15, 0.2) is 0 Å². The molecule has 3 fully saturated rings. The van der Waals surface area contributed by atoms with E-state index >= 15 is 0 Å². The Kier molecular flexibility index (Phi) is 14.3. The molecule has 6 rings (SSSR count). The second-order valence-corrected chi connectivity index (χ2v) is 16.6. The van der Waals surface area contributed by atoms with E-state index in [0.717, 1.165) is 61.1 Å². The van der Waals surface area contributed by atoms with Crippen LogP contribution in [0.4, 0.5) is 5.69 Å². The molecule has 3 heterocycles. The van der Waals surface area contributed by atoms with Gasteiger partial charge in [-0.3, -0.25) is 19.2 Å². The molecule has 3 saturated heterocycles. The van der Waals surface area contributed by atoms with Gasteiger partial charge in [0.1, 0.15) is 17.6 Å². The first-order valence-electron chi connectivity index (χ1n) is 20.1. The summed E-state index contributed by atoms with van der Waals surface area (Å²) in [6, 6.07) is 27.3. The lowest BCUT2D eigenvalue weighted by molar-refractivity contribution is -0.141. The lowest BCUT2D eigenvalue weighted by Gasteiger charge is -2.41. The van der Waals surface area contributed by atoms with E-state index < -0.39 is 17.9 Å². The number of rotatable bonds is 15. The molecule has 0 radical (unpaired) electrons. The number of carbonyl (C=O) groups is 4. The minimum absolute atomic E-state index is 0.0300. The van der Waals surface area contributed by atoms with Crippen LogP contribution in [-0.4, -0.2) is 65.3 Å². The molecule has 3 aliphatic heterocycles. The van der Waals surface area contributed by atoms with Crippen molar-refractivity contribution >= 4 is 41.0 Å². The summed E-state index contributed by atoms with van der Waals surface area (Å²) in [5, 5.41) is 3.41. The van der Waals surface area contributed by atoms with Crippen molar-refractivity contribution in [3.05, 3.63) is 96.1 Å². The summed E-state index contributed by atoms with van der Waals surface area (Å²) in [5.74, 6) is 0.252. The Morgan fingerprint density at radius 2 is 1.46 bits per heavy atom.